The van der Waals surface area contributed by atoms with Crippen LogP contribution in [0.5, 0.6) is 0 Å². The lowest BCUT2D eigenvalue weighted by Crippen LogP contribution is -2.69. The van der Waals surface area contributed by atoms with Crippen LogP contribution in [0.1, 0.15) is 107 Å². The van der Waals surface area contributed by atoms with Gasteiger partial charge in [-0.3, -0.25) is 0 Å². The van der Waals surface area contributed by atoms with Crippen LogP contribution in [-0.2, 0) is 0 Å². The lowest BCUT2D eigenvalue weighted by molar-refractivity contribution is -0.267. The van der Waals surface area contributed by atoms with Gasteiger partial charge >= 0.3 is 0 Å². The van der Waals surface area contributed by atoms with Crippen molar-refractivity contribution < 1.29 is 10.2 Å². The Hall–Kier alpha value is -0.340. The fraction of sp³-hybridized carbons (Fsp3) is 0.933. The minimum Gasteiger partial charge on any atom is -0.393 e. The van der Waals surface area contributed by atoms with E-state index in [1.54, 1.807) is 5.57 Å². The molecule has 5 aliphatic carbocycles. The van der Waals surface area contributed by atoms with E-state index in [2.05, 4.69) is 61.5 Å². The Bertz CT molecular complexity index is 814. The second-order valence-corrected chi connectivity index (χ2v) is 14.7. The van der Waals surface area contributed by atoms with Crippen molar-refractivity contribution in [3.05, 3.63) is 11.6 Å². The Morgan fingerprint density at radius 1 is 0.781 bits per heavy atom. The molecule has 5 rings (SSSR count). The highest BCUT2D eigenvalue weighted by Gasteiger charge is 2.70. The molecule has 2 nitrogen and oxygen atoms in total. The van der Waals surface area contributed by atoms with Crippen LogP contribution in [0, 0.1) is 56.7 Å². The summed E-state index contributed by atoms with van der Waals surface area (Å²) < 4.78 is 0. The first-order chi connectivity index (χ1) is 14.7. The SMILES string of the molecule is CC1=CC[C@@]2(C)[C@@H]([C@@H]1C)[C@H]1CCC3[C@@]4(C)CC[C@H](O)C(C)(C)[C@@H]4CC[C@@]3(C)[C@]1(C)C[C@@H]2O. The molecule has 32 heavy (non-hydrogen) atoms. The Morgan fingerprint density at radius 2 is 1.47 bits per heavy atom. The van der Waals surface area contributed by atoms with Gasteiger partial charge in [0.1, 0.15) is 0 Å². The molecule has 0 spiro atoms. The number of hydrogen-bond acceptors (Lipinski definition) is 2. The Balaban J connectivity index is 1.57. The summed E-state index contributed by atoms with van der Waals surface area (Å²) in [4.78, 5) is 0. The summed E-state index contributed by atoms with van der Waals surface area (Å²) >= 11 is 0. The maximum absolute atomic E-state index is 11.7. The van der Waals surface area contributed by atoms with E-state index in [-0.39, 0.29) is 33.9 Å². The first-order valence-corrected chi connectivity index (χ1v) is 13.8. The minimum absolute atomic E-state index is 0.0104. The monoisotopic (exact) mass is 442 g/mol. The highest BCUT2D eigenvalue weighted by atomic mass is 16.3. The number of fused-ring (bicyclic) bond motifs is 7. The van der Waals surface area contributed by atoms with Crippen LogP contribution < -0.4 is 0 Å². The van der Waals surface area contributed by atoms with Crippen molar-refractivity contribution in [2.75, 3.05) is 0 Å². The third kappa shape index (κ3) is 2.61. The van der Waals surface area contributed by atoms with E-state index in [0.717, 1.165) is 19.3 Å². The highest BCUT2D eigenvalue weighted by Crippen LogP contribution is 2.76. The molecule has 2 N–H and O–H groups in total. The van der Waals surface area contributed by atoms with Crippen molar-refractivity contribution in [2.24, 2.45) is 56.7 Å². The van der Waals surface area contributed by atoms with Crippen LogP contribution in [0.15, 0.2) is 11.6 Å². The van der Waals surface area contributed by atoms with Gasteiger partial charge in [-0.2, -0.15) is 0 Å². The molecular weight excluding hydrogens is 392 g/mol. The zero-order chi connectivity index (χ0) is 23.5. The molecule has 0 saturated heterocycles. The van der Waals surface area contributed by atoms with Crippen LogP contribution in [0.4, 0.5) is 0 Å². The van der Waals surface area contributed by atoms with E-state index >= 15 is 0 Å². The topological polar surface area (TPSA) is 40.5 Å². The Morgan fingerprint density at radius 3 is 2.16 bits per heavy atom. The molecule has 0 bridgehead atoms. The zero-order valence-electron chi connectivity index (χ0n) is 22.2. The second-order valence-electron chi connectivity index (χ2n) is 14.7. The standard InChI is InChI=1S/C30H50O2/c1-18-11-14-28(6)24(32)17-30(8)20(25(28)19(18)2)9-10-22-27(5)15-13-23(31)26(3,4)21(27)12-16-29(22,30)7/h11,19-25,31-32H,9-10,12-17H2,1-8H3/t19-,20-,21+,22?,23+,24+,25+,27+,28-,29-,30-/m1/s1. The summed E-state index contributed by atoms with van der Waals surface area (Å²) in [5.74, 6) is 3.18. The van der Waals surface area contributed by atoms with Gasteiger partial charge in [-0.05, 0) is 110 Å². The first kappa shape index (κ1) is 23.4. The second kappa shape index (κ2) is 6.87. The number of aliphatic hydroxyl groups excluding tert-OH is 2. The summed E-state index contributed by atoms with van der Waals surface area (Å²) in [5, 5.41) is 22.6. The van der Waals surface area contributed by atoms with Crippen LogP contribution in [-0.4, -0.2) is 22.4 Å². The molecular formula is C30H50O2. The van der Waals surface area contributed by atoms with Crippen molar-refractivity contribution in [3.63, 3.8) is 0 Å². The Kier molecular flexibility index (Phi) is 5.02. The number of aliphatic hydroxyl groups is 2. The molecule has 0 aromatic heterocycles. The predicted molar refractivity (Wildman–Crippen MR) is 132 cm³/mol. The zero-order valence-corrected chi connectivity index (χ0v) is 22.2. The summed E-state index contributed by atoms with van der Waals surface area (Å²) in [6.07, 6.45) is 11.4. The molecule has 5 aliphatic rings. The third-order valence-electron chi connectivity index (χ3n) is 13.6. The quantitative estimate of drug-likeness (QED) is 0.397. The van der Waals surface area contributed by atoms with E-state index in [9.17, 15) is 10.2 Å². The van der Waals surface area contributed by atoms with E-state index in [0.29, 0.717) is 35.0 Å². The average molecular weight is 443 g/mol. The van der Waals surface area contributed by atoms with Gasteiger partial charge in [0.2, 0.25) is 0 Å². The third-order valence-corrected chi connectivity index (χ3v) is 13.6. The normalized spacial score (nSPS) is 59.2. The van der Waals surface area contributed by atoms with Gasteiger partial charge in [0, 0.05) is 5.41 Å². The first-order valence-electron chi connectivity index (χ1n) is 13.8. The molecule has 0 heterocycles. The van der Waals surface area contributed by atoms with Crippen molar-refractivity contribution >= 4 is 0 Å². The maximum Gasteiger partial charge on any atom is 0.0605 e. The van der Waals surface area contributed by atoms with E-state index < -0.39 is 0 Å². The van der Waals surface area contributed by atoms with Gasteiger partial charge in [-0.1, -0.05) is 60.1 Å². The lowest BCUT2D eigenvalue weighted by Gasteiger charge is -2.74. The van der Waals surface area contributed by atoms with Gasteiger partial charge in [-0.25, -0.2) is 0 Å². The van der Waals surface area contributed by atoms with Crippen molar-refractivity contribution in [1.82, 2.24) is 0 Å². The molecule has 0 aromatic carbocycles. The summed E-state index contributed by atoms with van der Waals surface area (Å²) in [6.45, 7) is 19.7. The van der Waals surface area contributed by atoms with Crippen LogP contribution in [0.3, 0.4) is 0 Å². The highest BCUT2D eigenvalue weighted by molar-refractivity contribution is 5.24. The summed E-state index contributed by atoms with van der Waals surface area (Å²) in [6, 6.07) is 0. The molecule has 0 amide bonds. The number of hydrogen-bond donors (Lipinski definition) is 2. The summed E-state index contributed by atoms with van der Waals surface area (Å²) in [5.41, 5.74) is 2.37. The molecule has 0 radical (unpaired) electrons. The van der Waals surface area contributed by atoms with Gasteiger partial charge in [0.25, 0.3) is 0 Å². The fourth-order valence-electron chi connectivity index (χ4n) is 11.3. The van der Waals surface area contributed by atoms with Crippen LogP contribution in [0.2, 0.25) is 0 Å². The van der Waals surface area contributed by atoms with Crippen LogP contribution in [0.25, 0.3) is 0 Å². The molecule has 4 fully saturated rings. The number of rotatable bonds is 0. The predicted octanol–water partition coefficient (Wildman–Crippen LogP) is 7.00. The molecule has 0 aromatic rings. The van der Waals surface area contributed by atoms with E-state index in [1.165, 1.54) is 32.1 Å². The van der Waals surface area contributed by atoms with Crippen LogP contribution >= 0.6 is 0 Å². The van der Waals surface area contributed by atoms with Gasteiger partial charge in [-0.15, -0.1) is 0 Å². The van der Waals surface area contributed by atoms with E-state index in [4.69, 9.17) is 0 Å². The number of allylic oxidation sites excluding steroid dienone is 2. The molecule has 182 valence electrons. The molecule has 4 saturated carbocycles. The van der Waals surface area contributed by atoms with Gasteiger partial charge in [0.15, 0.2) is 0 Å². The largest absolute Gasteiger partial charge is 0.393 e. The van der Waals surface area contributed by atoms with Gasteiger partial charge < -0.3 is 10.2 Å². The van der Waals surface area contributed by atoms with Crippen molar-refractivity contribution in [2.45, 2.75) is 119 Å². The lowest BCUT2D eigenvalue weighted by atomic mass is 9.31. The average Bonchev–Trinajstić information content (AvgIpc) is 2.70. The fourth-order valence-corrected chi connectivity index (χ4v) is 11.3. The van der Waals surface area contributed by atoms with Crippen molar-refractivity contribution in [3.8, 4) is 0 Å². The van der Waals surface area contributed by atoms with E-state index in [1.807, 2.05) is 0 Å². The molecule has 2 heteroatoms. The van der Waals surface area contributed by atoms with Crippen molar-refractivity contribution in [1.29, 1.82) is 0 Å². The molecule has 1 unspecified atom stereocenters. The molecule has 11 atom stereocenters. The summed E-state index contributed by atoms with van der Waals surface area (Å²) in [7, 11) is 0. The minimum atomic E-state index is -0.203. The Labute approximate surface area is 197 Å². The smallest absolute Gasteiger partial charge is 0.0605 e. The maximum atomic E-state index is 11.7. The molecule has 0 aliphatic heterocycles. The van der Waals surface area contributed by atoms with Gasteiger partial charge in [0.05, 0.1) is 12.2 Å².